The monoisotopic (exact) mass is 361 g/mol. The van der Waals surface area contributed by atoms with Gasteiger partial charge in [0.15, 0.2) is 5.82 Å². The first-order valence-corrected chi connectivity index (χ1v) is 9.16. The van der Waals surface area contributed by atoms with Crippen LogP contribution >= 0.6 is 11.8 Å². The number of anilines is 2. The number of carbonyl (C=O) groups excluding carboxylic acids is 2. The Morgan fingerprint density at radius 3 is 2.56 bits per heavy atom. The van der Waals surface area contributed by atoms with Crippen LogP contribution in [0, 0.1) is 6.92 Å². The Bertz CT molecular complexity index is 743. The minimum absolute atomic E-state index is 0.130. The molecule has 1 heterocycles. The van der Waals surface area contributed by atoms with E-state index in [0.717, 1.165) is 11.3 Å². The van der Waals surface area contributed by atoms with Crippen LogP contribution in [0.1, 0.15) is 38.0 Å². The molecule has 0 saturated heterocycles. The molecule has 6 nitrogen and oxygen atoms in total. The van der Waals surface area contributed by atoms with Gasteiger partial charge in [0.25, 0.3) is 0 Å². The molecule has 0 spiro atoms. The summed E-state index contributed by atoms with van der Waals surface area (Å²) in [6.45, 7) is 7.66. The van der Waals surface area contributed by atoms with Crippen LogP contribution < -0.4 is 10.6 Å². The molecule has 2 rings (SSSR count). The average molecular weight is 361 g/mol. The quantitative estimate of drug-likeness (QED) is 0.783. The van der Waals surface area contributed by atoms with Crippen LogP contribution in [0.25, 0.3) is 0 Å². The normalized spacial score (nSPS) is 12.0. The van der Waals surface area contributed by atoms with E-state index in [1.54, 1.807) is 19.9 Å². The van der Waals surface area contributed by atoms with Crippen LogP contribution in [0.2, 0.25) is 0 Å². The van der Waals surface area contributed by atoms with Crippen LogP contribution in [0.4, 0.5) is 11.5 Å². The summed E-state index contributed by atoms with van der Waals surface area (Å²) in [6, 6.07) is 9.39. The molecule has 134 valence electrons. The van der Waals surface area contributed by atoms with Crippen LogP contribution in [-0.2, 0) is 9.59 Å². The van der Waals surface area contributed by atoms with Crippen molar-refractivity contribution in [3.63, 3.8) is 0 Å². The van der Waals surface area contributed by atoms with E-state index in [0.29, 0.717) is 17.5 Å². The van der Waals surface area contributed by atoms with Crippen molar-refractivity contribution in [2.45, 2.75) is 38.9 Å². The largest absolute Gasteiger partial charge is 0.360 e. The number of aromatic nitrogens is 1. The Kier molecular flexibility index (Phi) is 6.64. The van der Waals surface area contributed by atoms with Crippen molar-refractivity contribution in [2.24, 2.45) is 0 Å². The van der Waals surface area contributed by atoms with Crippen molar-refractivity contribution in [1.29, 1.82) is 0 Å². The standard InChI is InChI=1S/C18H23N3O3S/c1-11(2)14-7-5-6-8-15(14)19-17(22)10-25-13(4)18(23)20-16-9-12(3)24-21-16/h5-9,11,13H,10H2,1-4H3,(H,19,22)(H,20,21,23). The van der Waals surface area contributed by atoms with Gasteiger partial charge in [0.05, 0.1) is 11.0 Å². The molecule has 2 N–H and O–H groups in total. The van der Waals surface area contributed by atoms with E-state index >= 15 is 0 Å². The van der Waals surface area contributed by atoms with Crippen molar-refractivity contribution in [2.75, 3.05) is 16.4 Å². The van der Waals surface area contributed by atoms with Gasteiger partial charge in [-0.15, -0.1) is 11.8 Å². The second-order valence-corrected chi connectivity index (χ2v) is 7.38. The molecule has 1 aromatic heterocycles. The van der Waals surface area contributed by atoms with Crippen molar-refractivity contribution < 1.29 is 14.1 Å². The van der Waals surface area contributed by atoms with Crippen LogP contribution in [-0.4, -0.2) is 28.0 Å². The van der Waals surface area contributed by atoms with E-state index < -0.39 is 0 Å². The van der Waals surface area contributed by atoms with Crippen LogP contribution in [0.15, 0.2) is 34.9 Å². The first kappa shape index (κ1) is 19.1. The lowest BCUT2D eigenvalue weighted by atomic mass is 10.0. The van der Waals surface area contributed by atoms with Gasteiger partial charge in [-0.05, 0) is 31.4 Å². The number of para-hydroxylation sites is 1. The number of nitrogens with zero attached hydrogens (tertiary/aromatic N) is 1. The maximum atomic E-state index is 12.2. The third kappa shape index (κ3) is 5.63. The van der Waals surface area contributed by atoms with Gasteiger partial charge < -0.3 is 15.2 Å². The molecule has 2 aromatic rings. The molecule has 1 atom stereocenters. The molecule has 1 unspecified atom stereocenters. The highest BCUT2D eigenvalue weighted by Crippen LogP contribution is 2.24. The number of aryl methyl sites for hydroxylation is 1. The fraction of sp³-hybridized carbons (Fsp3) is 0.389. The van der Waals surface area contributed by atoms with Gasteiger partial charge in [0, 0.05) is 11.8 Å². The average Bonchev–Trinajstić information content (AvgIpc) is 2.97. The van der Waals surface area contributed by atoms with Crippen LogP contribution in [0.5, 0.6) is 0 Å². The van der Waals surface area contributed by atoms with Crippen molar-refractivity contribution in [3.05, 3.63) is 41.7 Å². The van der Waals surface area contributed by atoms with Gasteiger partial charge in [-0.25, -0.2) is 0 Å². The van der Waals surface area contributed by atoms with Crippen molar-refractivity contribution in [1.82, 2.24) is 5.16 Å². The summed E-state index contributed by atoms with van der Waals surface area (Å²) >= 11 is 1.27. The third-order valence-electron chi connectivity index (χ3n) is 3.57. The third-order valence-corrected chi connectivity index (χ3v) is 4.71. The highest BCUT2D eigenvalue weighted by Gasteiger charge is 2.17. The molecule has 0 saturated carbocycles. The van der Waals surface area contributed by atoms with Crippen molar-refractivity contribution in [3.8, 4) is 0 Å². The zero-order valence-electron chi connectivity index (χ0n) is 14.8. The Morgan fingerprint density at radius 1 is 1.20 bits per heavy atom. The fourth-order valence-corrected chi connectivity index (χ4v) is 2.91. The van der Waals surface area contributed by atoms with Gasteiger partial charge in [-0.2, -0.15) is 0 Å². The van der Waals surface area contributed by atoms with E-state index in [2.05, 4.69) is 29.6 Å². The molecule has 0 bridgehead atoms. The first-order valence-electron chi connectivity index (χ1n) is 8.11. The number of thioether (sulfide) groups is 1. The molecule has 0 fully saturated rings. The second kappa shape index (κ2) is 8.71. The van der Waals surface area contributed by atoms with Gasteiger partial charge in [-0.1, -0.05) is 37.2 Å². The van der Waals surface area contributed by atoms with E-state index in [-0.39, 0.29) is 22.8 Å². The Labute approximate surface area is 151 Å². The number of rotatable bonds is 7. The predicted octanol–water partition coefficient (Wildman–Crippen LogP) is 3.81. The zero-order chi connectivity index (χ0) is 18.4. The Balaban J connectivity index is 1.84. The molecule has 1 aromatic carbocycles. The number of amides is 2. The number of carbonyl (C=O) groups is 2. The smallest absolute Gasteiger partial charge is 0.238 e. The summed E-state index contributed by atoms with van der Waals surface area (Å²) in [5.41, 5.74) is 1.91. The van der Waals surface area contributed by atoms with E-state index in [1.807, 2.05) is 24.3 Å². The second-order valence-electron chi connectivity index (χ2n) is 6.06. The van der Waals surface area contributed by atoms with Gasteiger partial charge >= 0.3 is 0 Å². The van der Waals surface area contributed by atoms with Gasteiger partial charge in [0.1, 0.15) is 5.76 Å². The van der Waals surface area contributed by atoms with E-state index in [4.69, 9.17) is 4.52 Å². The summed E-state index contributed by atoms with van der Waals surface area (Å²) in [7, 11) is 0. The summed E-state index contributed by atoms with van der Waals surface area (Å²) in [5, 5.41) is 8.92. The Morgan fingerprint density at radius 2 is 1.92 bits per heavy atom. The number of nitrogens with one attached hydrogen (secondary N) is 2. The van der Waals surface area contributed by atoms with Gasteiger partial charge in [0.2, 0.25) is 11.8 Å². The first-order chi connectivity index (χ1) is 11.9. The zero-order valence-corrected chi connectivity index (χ0v) is 15.6. The maximum absolute atomic E-state index is 12.2. The topological polar surface area (TPSA) is 84.2 Å². The van der Waals surface area contributed by atoms with Crippen molar-refractivity contribution >= 4 is 35.1 Å². The molecular formula is C18H23N3O3S. The van der Waals surface area contributed by atoms with E-state index in [9.17, 15) is 9.59 Å². The summed E-state index contributed by atoms with van der Waals surface area (Å²) in [5.74, 6) is 1.17. The van der Waals surface area contributed by atoms with Gasteiger partial charge in [-0.3, -0.25) is 9.59 Å². The predicted molar refractivity (Wildman–Crippen MR) is 101 cm³/mol. The fourth-order valence-electron chi connectivity index (χ4n) is 2.23. The number of benzene rings is 1. The molecule has 2 amide bonds. The minimum atomic E-state index is -0.386. The lowest BCUT2D eigenvalue weighted by Crippen LogP contribution is -2.25. The molecule has 0 aliphatic rings. The molecule has 25 heavy (non-hydrogen) atoms. The SMILES string of the molecule is Cc1cc(NC(=O)C(C)SCC(=O)Nc2ccccc2C(C)C)no1. The highest BCUT2D eigenvalue weighted by atomic mass is 32.2. The number of hydrogen-bond acceptors (Lipinski definition) is 5. The molecule has 0 aliphatic carbocycles. The minimum Gasteiger partial charge on any atom is -0.360 e. The molecule has 0 radical (unpaired) electrons. The lowest BCUT2D eigenvalue weighted by Gasteiger charge is -2.14. The lowest BCUT2D eigenvalue weighted by molar-refractivity contribution is -0.115. The maximum Gasteiger partial charge on any atom is 0.238 e. The summed E-state index contributed by atoms with van der Waals surface area (Å²) in [6.07, 6.45) is 0. The Hall–Kier alpha value is -2.28. The van der Waals surface area contributed by atoms with Crippen LogP contribution in [0.3, 0.4) is 0 Å². The molecular weight excluding hydrogens is 338 g/mol. The highest BCUT2D eigenvalue weighted by molar-refractivity contribution is 8.01. The number of hydrogen-bond donors (Lipinski definition) is 2. The molecule has 0 aliphatic heterocycles. The summed E-state index contributed by atoms with van der Waals surface area (Å²) in [4.78, 5) is 24.3. The molecule has 7 heteroatoms. The summed E-state index contributed by atoms with van der Waals surface area (Å²) < 4.78 is 4.90. The van der Waals surface area contributed by atoms with E-state index in [1.165, 1.54) is 11.8 Å².